The molecule has 778 valence electrons. The summed E-state index contributed by atoms with van der Waals surface area (Å²) in [5, 5.41) is 66.2. The molecule has 5 aromatic rings. The summed E-state index contributed by atoms with van der Waals surface area (Å²) in [6, 6.07) is 19.3. The molecule has 0 spiro atoms. The Bertz CT molecular complexity index is 4820. The number of hydrogen-bond acceptors (Lipinski definition) is 25. The Kier molecular flexibility index (Phi) is 51.0. The fourth-order valence-electron chi connectivity index (χ4n) is 16.9. The molecule has 1 aromatic heterocycles. The number of aryl methyl sites for hydroxylation is 1. The molecule has 3 aliphatic rings. The molecule has 44 heteroatoms. The van der Waals surface area contributed by atoms with Gasteiger partial charge in [-0.25, -0.2) is 9.48 Å². The third-order valence-corrected chi connectivity index (χ3v) is 24.9. The summed E-state index contributed by atoms with van der Waals surface area (Å²) in [4.78, 5) is 202. The van der Waals surface area contributed by atoms with E-state index in [-0.39, 0.29) is 219 Å². The van der Waals surface area contributed by atoms with Crippen molar-refractivity contribution in [1.29, 1.82) is 10.8 Å². The largest absolute Gasteiger partial charge is 0.449 e. The number of cyclic esters (lactones) is 1. The van der Waals surface area contributed by atoms with Crippen LogP contribution in [0.5, 0.6) is 0 Å². The summed E-state index contributed by atoms with van der Waals surface area (Å²) >= 11 is 0. The Balaban J connectivity index is 1.04. The van der Waals surface area contributed by atoms with Crippen LogP contribution in [0.1, 0.15) is 169 Å². The smallest absolute Gasteiger partial charge is 0.407 e. The molecule has 2 heterocycles. The lowest BCUT2D eigenvalue weighted by Gasteiger charge is -2.28. The minimum Gasteiger partial charge on any atom is -0.449 e. The molecule has 142 heavy (non-hydrogen) atoms. The van der Waals surface area contributed by atoms with Crippen molar-refractivity contribution in [3.63, 3.8) is 0 Å². The molecule has 1 saturated carbocycles. The van der Waals surface area contributed by atoms with E-state index in [1.165, 1.54) is 6.92 Å². The number of rotatable bonds is 29. The summed E-state index contributed by atoms with van der Waals surface area (Å²) in [5.41, 5.74) is 39.3. The third kappa shape index (κ3) is 42.2. The van der Waals surface area contributed by atoms with E-state index >= 15 is 24.0 Å². The second-order valence-electron chi connectivity index (χ2n) is 35.9. The van der Waals surface area contributed by atoms with Crippen LogP contribution >= 0.6 is 0 Å². The quantitative estimate of drug-likeness (QED) is 0.0149. The predicted octanol–water partition coefficient (Wildman–Crippen LogP) is -1.40. The number of hydrogen-bond donors (Lipinski definition) is 23. The van der Waals surface area contributed by atoms with Gasteiger partial charge in [-0.2, -0.15) is 0 Å². The molecular weight excluding hydrogens is 1830 g/mol. The van der Waals surface area contributed by atoms with Gasteiger partial charge >= 0.3 is 6.09 Å². The third-order valence-electron chi connectivity index (χ3n) is 24.9. The number of carbonyl (C=O) groups excluding carboxylic acids is 14. The number of aromatic nitrogens is 3. The predicted molar refractivity (Wildman–Crippen MR) is 529 cm³/mol. The van der Waals surface area contributed by atoms with Gasteiger partial charge in [0.25, 0.3) is 0 Å². The van der Waals surface area contributed by atoms with Crippen LogP contribution in [0.15, 0.2) is 121 Å². The van der Waals surface area contributed by atoms with E-state index in [4.69, 9.17) is 64.2 Å². The lowest BCUT2D eigenvalue weighted by atomic mass is 10.0. The first kappa shape index (κ1) is 114. The number of nitrogens with two attached hydrogens (primary N) is 6. The lowest BCUT2D eigenvalue weighted by Crippen LogP contribution is -2.61. The molecule has 8 rings (SSSR count). The van der Waals surface area contributed by atoms with Gasteiger partial charge in [-0.3, -0.25) is 73.1 Å². The van der Waals surface area contributed by atoms with Gasteiger partial charge in [0.2, 0.25) is 76.8 Å². The fraction of sp³-hybridized carbons (Fsp3) is 0.571. The molecule has 3 unspecified atom stereocenters. The molecule has 14 atom stereocenters. The SMILES string of the molecule is C[C@@H]1NC(=O)[C@H](CCCCN)NC(=O)[C@H](CCCNC(=N)N)NC(=O)[C@H](Cc2ccccc2)NC(=O)[C@H](CCCCN)NC(=O)CCOCCn2nnc3c2CCC2C(CC3)C2COC(=O)NCCOCCOCCC(=O)NCCCC[C@@H](C(N)=O)NC(=O)[C@H](Cc2ccccc2)NC(=O)[C@H](Cc2ccccc2)NC(=O)[C@H](CCCNC(=N)N)NC(=O)[C@H](CCCCN)NC(=O)[C@H](Cc2ccccc2)NC1=O. The van der Waals surface area contributed by atoms with Crippen molar-refractivity contribution < 1.29 is 86.1 Å². The summed E-state index contributed by atoms with van der Waals surface area (Å²) in [6.45, 7) is 3.93. The number of alkyl carbamates (subject to hydrolysis) is 1. The number of amides is 14. The van der Waals surface area contributed by atoms with E-state index in [1.54, 1.807) is 121 Å². The molecule has 2 bridgehead atoms. The van der Waals surface area contributed by atoms with Crippen molar-refractivity contribution in [2.75, 3.05) is 92.1 Å². The molecule has 1 aliphatic heterocycles. The summed E-state index contributed by atoms with van der Waals surface area (Å²) in [6.07, 6.45) is 4.83. The highest BCUT2D eigenvalue weighted by Crippen LogP contribution is 2.53. The highest BCUT2D eigenvalue weighted by molar-refractivity contribution is 6.00. The van der Waals surface area contributed by atoms with Crippen molar-refractivity contribution in [2.45, 2.75) is 247 Å². The van der Waals surface area contributed by atoms with Crippen LogP contribution in [-0.4, -0.2) is 268 Å². The number of benzene rings is 4. The number of ether oxygens (including phenoxy) is 4. The van der Waals surface area contributed by atoms with Gasteiger partial charge in [-0.05, 0) is 195 Å². The number of carbonyl (C=O) groups is 14. The van der Waals surface area contributed by atoms with Crippen LogP contribution in [0.25, 0.3) is 0 Å². The van der Waals surface area contributed by atoms with Gasteiger partial charge in [0.05, 0.1) is 64.2 Å². The molecule has 29 N–H and O–H groups in total. The number of nitrogens with one attached hydrogen (secondary N) is 17. The number of nitrogens with zero attached hydrogens (tertiary/aromatic N) is 3. The summed E-state index contributed by atoms with van der Waals surface area (Å²) in [5.74, 6) is -9.94. The van der Waals surface area contributed by atoms with E-state index in [1.807, 2.05) is 4.68 Å². The van der Waals surface area contributed by atoms with E-state index in [2.05, 4.69) is 90.1 Å². The van der Waals surface area contributed by atoms with Gasteiger partial charge in [0.1, 0.15) is 66.5 Å². The first-order chi connectivity index (χ1) is 68.6. The maximum Gasteiger partial charge on any atom is 0.407 e. The molecule has 0 radical (unpaired) electrons. The summed E-state index contributed by atoms with van der Waals surface area (Å²) < 4.78 is 24.7. The number of primary amides is 1. The summed E-state index contributed by atoms with van der Waals surface area (Å²) in [7, 11) is 0. The Labute approximate surface area is 828 Å². The van der Waals surface area contributed by atoms with Crippen LogP contribution in [0.3, 0.4) is 0 Å². The zero-order chi connectivity index (χ0) is 102. The lowest BCUT2D eigenvalue weighted by molar-refractivity contribution is -0.136. The van der Waals surface area contributed by atoms with Crippen molar-refractivity contribution in [3.05, 3.63) is 155 Å². The van der Waals surface area contributed by atoms with Crippen molar-refractivity contribution >= 4 is 94.8 Å². The van der Waals surface area contributed by atoms with Crippen LogP contribution in [-0.2, 0) is 126 Å². The van der Waals surface area contributed by atoms with Gasteiger partial charge in [-0.15, -0.1) is 5.10 Å². The molecule has 14 amide bonds. The maximum atomic E-state index is 15.2. The van der Waals surface area contributed by atoms with E-state index < -0.39 is 143 Å². The van der Waals surface area contributed by atoms with Gasteiger partial charge in [-0.1, -0.05) is 127 Å². The van der Waals surface area contributed by atoms with Crippen molar-refractivity contribution in [3.8, 4) is 0 Å². The first-order valence-electron chi connectivity index (χ1n) is 49.5. The molecule has 44 nitrogen and oxygen atoms in total. The normalized spacial score (nSPS) is 24.1. The highest BCUT2D eigenvalue weighted by atomic mass is 16.6. The highest BCUT2D eigenvalue weighted by Gasteiger charge is 2.51. The zero-order valence-electron chi connectivity index (χ0n) is 81.3. The van der Waals surface area contributed by atoms with Gasteiger partial charge in [0.15, 0.2) is 11.9 Å². The average Bonchev–Trinajstić information content (AvgIpc) is 1.61. The first-order valence-corrected chi connectivity index (χ1v) is 49.5. The standard InChI is InChI=1S/C98H148N26O18/c1-63-86(128)118-78(58-64-24-6-2-7-25-64)93(135)116-75(35-16-20-46-101)89(131)115-77(37-23-49-109-97(105)106)91(133)120-81(61-67-30-12-5-13-31-67)95(137)121-79(59-65-26-8-3-9-27-65)92(134)113-72(85(102)127)32-17-21-47-107-83(125)42-52-140-56-57-141-54-50-110-98(138)142-62-70-68-38-40-71-82(41-39-69(68)70)124(123-122-71)51-55-139-53-43-84(126)112-73(33-14-18-44-99)88(130)119-80(60-66-28-10-4-11-29-66)94(136)117-76(36-22-48-108-96(103)104)90(132)114-74(87(129)111-63)34-15-19-45-100/h2-13,24-31,63,68-70,72-81H,14-23,32-62,99-101H2,1H3,(H2,102,127)(H,107,125)(H,110,138)(H,111,129)(H,112,126)(H,113,134)(H,114,132)(H,115,131)(H,116,135)(H,117,136)(H,118,128)(H,119,130)(H,120,133)(H,121,137)(H4,103,104,108)(H4,105,106,109)/t63-,68?,69?,70?,72-,73-,74-,75-,76-,77-,78-,79-,80-,81-/m0/s1. The zero-order valence-corrected chi connectivity index (χ0v) is 81.3. The monoisotopic (exact) mass is 1980 g/mol. The molecular formula is C98H148N26O18. The Morgan fingerprint density at radius 3 is 1.19 bits per heavy atom. The second kappa shape index (κ2) is 63.5. The Morgan fingerprint density at radius 2 is 0.761 bits per heavy atom. The minimum atomic E-state index is -1.48. The van der Waals surface area contributed by atoms with E-state index in [0.29, 0.717) is 92.0 Å². The number of guanidine groups is 2. The van der Waals surface area contributed by atoms with Crippen LogP contribution < -0.4 is 114 Å². The number of unbranched alkanes of at least 4 members (excludes halogenated alkanes) is 3. The van der Waals surface area contributed by atoms with Gasteiger partial charge in [0, 0.05) is 64.7 Å². The van der Waals surface area contributed by atoms with E-state index in [9.17, 15) is 43.2 Å². The van der Waals surface area contributed by atoms with Crippen LogP contribution in [0, 0.1) is 28.6 Å². The minimum absolute atomic E-state index is 0.0202. The van der Waals surface area contributed by atoms with Crippen LogP contribution in [0.4, 0.5) is 4.79 Å². The average molecular weight is 1980 g/mol. The Morgan fingerprint density at radius 1 is 0.387 bits per heavy atom. The molecule has 1 fully saturated rings. The maximum absolute atomic E-state index is 15.2. The molecule has 0 saturated heterocycles. The topological polar surface area (TPSA) is 691 Å². The van der Waals surface area contributed by atoms with Crippen molar-refractivity contribution in [2.24, 2.45) is 52.2 Å². The fourth-order valence-corrected chi connectivity index (χ4v) is 16.9. The van der Waals surface area contributed by atoms with Crippen molar-refractivity contribution in [1.82, 2.24) is 94.7 Å². The molecule has 4 aromatic carbocycles. The Hall–Kier alpha value is -13.3. The number of fused-ring (bicyclic) bond motifs is 2. The van der Waals surface area contributed by atoms with Crippen LogP contribution in [0.2, 0.25) is 0 Å². The molecule has 2 aliphatic carbocycles. The van der Waals surface area contributed by atoms with E-state index in [0.717, 1.165) is 24.2 Å². The van der Waals surface area contributed by atoms with Gasteiger partial charge < -0.3 is 133 Å². The second-order valence-corrected chi connectivity index (χ2v) is 35.9.